The summed E-state index contributed by atoms with van der Waals surface area (Å²) in [6.45, 7) is 7.91. The molecule has 0 aromatic heterocycles. The minimum atomic E-state index is 0.198. The molecule has 0 aromatic rings. The number of rotatable bonds is 8. The first-order valence-corrected chi connectivity index (χ1v) is 8.39. The van der Waals surface area contributed by atoms with E-state index in [1.165, 1.54) is 32.1 Å². The lowest BCUT2D eigenvalue weighted by atomic mass is 10.0. The van der Waals surface area contributed by atoms with Crippen molar-refractivity contribution in [1.82, 2.24) is 15.5 Å². The van der Waals surface area contributed by atoms with E-state index < -0.39 is 0 Å². The first-order chi connectivity index (χ1) is 9.65. The van der Waals surface area contributed by atoms with Crippen molar-refractivity contribution in [2.45, 2.75) is 64.5 Å². The Morgan fingerprint density at radius 2 is 2.05 bits per heavy atom. The standard InChI is InChI=1S/C16H31N3O/c1-13(2)8-9-17-16(20)12-19-10-4-3-5-15(19)11-18-14-6-7-14/h13-15,18H,3-12H2,1-2H3,(H,17,20). The van der Waals surface area contributed by atoms with Crippen molar-refractivity contribution in [3.8, 4) is 0 Å². The molecule has 1 saturated carbocycles. The van der Waals surface area contributed by atoms with Crippen LogP contribution in [0.1, 0.15) is 52.4 Å². The van der Waals surface area contributed by atoms with Crippen molar-refractivity contribution in [3.63, 3.8) is 0 Å². The summed E-state index contributed by atoms with van der Waals surface area (Å²) in [5, 5.41) is 6.67. The van der Waals surface area contributed by atoms with Gasteiger partial charge in [-0.2, -0.15) is 0 Å². The number of carbonyl (C=O) groups is 1. The molecule has 1 amide bonds. The summed E-state index contributed by atoms with van der Waals surface area (Å²) < 4.78 is 0. The topological polar surface area (TPSA) is 44.4 Å². The number of hydrogen-bond donors (Lipinski definition) is 2. The summed E-state index contributed by atoms with van der Waals surface area (Å²) in [5.74, 6) is 0.852. The van der Waals surface area contributed by atoms with Gasteiger partial charge in [0.2, 0.25) is 5.91 Å². The van der Waals surface area contributed by atoms with Crippen molar-refractivity contribution >= 4 is 5.91 Å². The van der Waals surface area contributed by atoms with Crippen LogP contribution in [0.15, 0.2) is 0 Å². The van der Waals surface area contributed by atoms with Crippen LogP contribution < -0.4 is 10.6 Å². The minimum absolute atomic E-state index is 0.198. The molecular weight excluding hydrogens is 250 g/mol. The van der Waals surface area contributed by atoms with Gasteiger partial charge in [0.05, 0.1) is 6.54 Å². The molecule has 20 heavy (non-hydrogen) atoms. The van der Waals surface area contributed by atoms with Gasteiger partial charge in [-0.15, -0.1) is 0 Å². The zero-order valence-corrected chi connectivity index (χ0v) is 13.2. The fourth-order valence-electron chi connectivity index (χ4n) is 2.83. The first kappa shape index (κ1) is 15.8. The Balaban J connectivity index is 1.68. The molecule has 0 radical (unpaired) electrons. The summed E-state index contributed by atoms with van der Waals surface area (Å²) in [5.41, 5.74) is 0. The fourth-order valence-corrected chi connectivity index (χ4v) is 2.83. The van der Waals surface area contributed by atoms with Gasteiger partial charge in [-0.3, -0.25) is 9.69 Å². The summed E-state index contributed by atoms with van der Waals surface area (Å²) in [4.78, 5) is 14.4. The number of amides is 1. The average Bonchev–Trinajstić information content (AvgIpc) is 3.21. The molecule has 0 aromatic carbocycles. The molecule has 0 spiro atoms. The monoisotopic (exact) mass is 281 g/mol. The fraction of sp³-hybridized carbons (Fsp3) is 0.938. The Kier molecular flexibility index (Phi) is 6.30. The van der Waals surface area contributed by atoms with Crippen molar-refractivity contribution in [3.05, 3.63) is 0 Å². The van der Waals surface area contributed by atoms with Gasteiger partial charge in [0, 0.05) is 25.2 Å². The molecule has 4 nitrogen and oxygen atoms in total. The Morgan fingerprint density at radius 3 is 2.75 bits per heavy atom. The third-order valence-corrected chi connectivity index (χ3v) is 4.36. The second-order valence-electron chi connectivity index (χ2n) is 6.84. The van der Waals surface area contributed by atoms with Gasteiger partial charge in [0.15, 0.2) is 0 Å². The molecule has 1 unspecified atom stereocenters. The van der Waals surface area contributed by atoms with E-state index in [2.05, 4.69) is 29.4 Å². The van der Waals surface area contributed by atoms with Gasteiger partial charge >= 0.3 is 0 Å². The van der Waals surface area contributed by atoms with Gasteiger partial charge in [-0.1, -0.05) is 20.3 Å². The molecule has 1 aliphatic carbocycles. The van der Waals surface area contributed by atoms with E-state index in [4.69, 9.17) is 0 Å². The molecule has 1 heterocycles. The van der Waals surface area contributed by atoms with Crippen molar-refractivity contribution in [2.24, 2.45) is 5.92 Å². The molecule has 1 aliphatic heterocycles. The Bertz CT molecular complexity index is 302. The predicted molar refractivity (Wildman–Crippen MR) is 82.7 cm³/mol. The highest BCUT2D eigenvalue weighted by Crippen LogP contribution is 2.21. The molecule has 4 heteroatoms. The average molecular weight is 281 g/mol. The molecule has 2 aliphatic rings. The molecule has 2 fully saturated rings. The third kappa shape index (κ3) is 5.80. The predicted octanol–water partition coefficient (Wildman–Crippen LogP) is 1.76. The molecule has 0 bridgehead atoms. The maximum absolute atomic E-state index is 12.0. The van der Waals surface area contributed by atoms with Gasteiger partial charge in [-0.25, -0.2) is 0 Å². The Hall–Kier alpha value is -0.610. The molecule has 1 saturated heterocycles. The maximum atomic E-state index is 12.0. The molecule has 2 N–H and O–H groups in total. The summed E-state index contributed by atoms with van der Waals surface area (Å²) in [6, 6.07) is 1.32. The SMILES string of the molecule is CC(C)CCNC(=O)CN1CCCCC1CNC1CC1. The Morgan fingerprint density at radius 1 is 1.25 bits per heavy atom. The van der Waals surface area contributed by atoms with E-state index in [0.717, 1.165) is 32.1 Å². The van der Waals surface area contributed by atoms with E-state index in [1.807, 2.05) is 0 Å². The number of piperidine rings is 1. The number of nitrogens with zero attached hydrogens (tertiary/aromatic N) is 1. The second-order valence-corrected chi connectivity index (χ2v) is 6.84. The van der Waals surface area contributed by atoms with Gasteiger partial charge in [-0.05, 0) is 44.6 Å². The van der Waals surface area contributed by atoms with Crippen LogP contribution >= 0.6 is 0 Å². The summed E-state index contributed by atoms with van der Waals surface area (Å²) in [6.07, 6.45) is 7.52. The highest BCUT2D eigenvalue weighted by Gasteiger charge is 2.27. The van der Waals surface area contributed by atoms with E-state index in [-0.39, 0.29) is 5.91 Å². The van der Waals surface area contributed by atoms with Crippen LogP contribution in [-0.2, 0) is 4.79 Å². The highest BCUT2D eigenvalue weighted by atomic mass is 16.2. The van der Waals surface area contributed by atoms with Gasteiger partial charge < -0.3 is 10.6 Å². The maximum Gasteiger partial charge on any atom is 0.234 e. The molecule has 2 rings (SSSR count). The van der Waals surface area contributed by atoms with Crippen LogP contribution in [0.25, 0.3) is 0 Å². The van der Waals surface area contributed by atoms with E-state index in [1.54, 1.807) is 0 Å². The van der Waals surface area contributed by atoms with Crippen molar-refractivity contribution in [1.29, 1.82) is 0 Å². The Labute approximate surface area is 123 Å². The van der Waals surface area contributed by atoms with E-state index in [0.29, 0.717) is 18.5 Å². The van der Waals surface area contributed by atoms with Crippen LogP contribution in [0, 0.1) is 5.92 Å². The number of hydrogen-bond acceptors (Lipinski definition) is 3. The zero-order chi connectivity index (χ0) is 14.4. The number of nitrogens with one attached hydrogen (secondary N) is 2. The van der Waals surface area contributed by atoms with Crippen LogP contribution in [0.2, 0.25) is 0 Å². The van der Waals surface area contributed by atoms with Crippen LogP contribution in [-0.4, -0.2) is 49.1 Å². The quantitative estimate of drug-likeness (QED) is 0.712. The first-order valence-electron chi connectivity index (χ1n) is 8.39. The smallest absolute Gasteiger partial charge is 0.234 e. The highest BCUT2D eigenvalue weighted by molar-refractivity contribution is 5.78. The van der Waals surface area contributed by atoms with Crippen LogP contribution in [0.3, 0.4) is 0 Å². The normalized spacial score (nSPS) is 24.1. The third-order valence-electron chi connectivity index (χ3n) is 4.36. The van der Waals surface area contributed by atoms with Gasteiger partial charge in [0.25, 0.3) is 0 Å². The number of likely N-dealkylation sites (tertiary alicyclic amines) is 1. The lowest BCUT2D eigenvalue weighted by molar-refractivity contribution is -0.123. The summed E-state index contributed by atoms with van der Waals surface area (Å²) in [7, 11) is 0. The van der Waals surface area contributed by atoms with Crippen LogP contribution in [0.5, 0.6) is 0 Å². The zero-order valence-electron chi connectivity index (χ0n) is 13.2. The van der Waals surface area contributed by atoms with Gasteiger partial charge in [0.1, 0.15) is 0 Å². The van der Waals surface area contributed by atoms with Crippen molar-refractivity contribution in [2.75, 3.05) is 26.2 Å². The largest absolute Gasteiger partial charge is 0.355 e. The minimum Gasteiger partial charge on any atom is -0.355 e. The number of carbonyl (C=O) groups excluding carboxylic acids is 1. The second kappa shape index (κ2) is 7.99. The van der Waals surface area contributed by atoms with E-state index >= 15 is 0 Å². The lowest BCUT2D eigenvalue weighted by Gasteiger charge is -2.35. The molecule has 1 atom stereocenters. The molecule has 116 valence electrons. The summed E-state index contributed by atoms with van der Waals surface area (Å²) >= 11 is 0. The van der Waals surface area contributed by atoms with Crippen molar-refractivity contribution < 1.29 is 4.79 Å². The lowest BCUT2D eigenvalue weighted by Crippen LogP contribution is -2.49. The molecular formula is C16H31N3O. The van der Waals surface area contributed by atoms with E-state index in [9.17, 15) is 4.79 Å². The van der Waals surface area contributed by atoms with Crippen LogP contribution in [0.4, 0.5) is 0 Å².